The second-order valence-corrected chi connectivity index (χ2v) is 5.03. The number of anilines is 1. The van der Waals surface area contributed by atoms with Crippen LogP contribution in [0.4, 0.5) is 27.6 Å². The summed E-state index contributed by atoms with van der Waals surface area (Å²) in [4.78, 5) is 15.4. The van der Waals surface area contributed by atoms with E-state index in [0.29, 0.717) is 17.0 Å². The molecular formula is C15H9F5N4O2. The van der Waals surface area contributed by atoms with Gasteiger partial charge in [0, 0.05) is 17.6 Å². The number of amides is 1. The molecule has 0 spiro atoms. The molecular weight excluding hydrogens is 363 g/mol. The van der Waals surface area contributed by atoms with Gasteiger partial charge in [-0.1, -0.05) is 6.07 Å². The Morgan fingerprint density at radius 1 is 1.23 bits per heavy atom. The van der Waals surface area contributed by atoms with E-state index in [9.17, 15) is 26.7 Å². The molecule has 136 valence electrons. The Morgan fingerprint density at radius 2 is 2.00 bits per heavy atom. The molecule has 26 heavy (non-hydrogen) atoms. The Morgan fingerprint density at radius 3 is 2.69 bits per heavy atom. The predicted molar refractivity (Wildman–Crippen MR) is 79.9 cm³/mol. The van der Waals surface area contributed by atoms with Crippen molar-refractivity contribution in [2.45, 2.75) is 12.8 Å². The molecule has 0 aliphatic rings. The predicted octanol–water partition coefficient (Wildman–Crippen LogP) is 3.83. The van der Waals surface area contributed by atoms with Crippen LogP contribution in [-0.4, -0.2) is 27.7 Å². The lowest BCUT2D eigenvalue weighted by Crippen LogP contribution is -2.18. The number of rotatable bonds is 4. The normalized spacial score (nSPS) is 11.8. The minimum absolute atomic E-state index is 0.164. The maximum absolute atomic E-state index is 12.7. The molecule has 0 bridgehead atoms. The fraction of sp³-hybridized carbons (Fsp3) is 0.133. The zero-order valence-corrected chi connectivity index (χ0v) is 12.6. The molecule has 3 rings (SSSR count). The first-order chi connectivity index (χ1) is 12.2. The van der Waals surface area contributed by atoms with Crippen LogP contribution in [0, 0.1) is 0 Å². The molecule has 1 amide bonds. The number of ether oxygens (including phenoxy) is 1. The Bertz CT molecular complexity index is 955. The number of aromatic amines is 1. The number of nitrogens with one attached hydrogen (secondary N) is 2. The molecule has 0 aliphatic carbocycles. The molecule has 0 unspecified atom stereocenters. The number of H-pyrrole nitrogens is 1. The Kier molecular flexibility index (Phi) is 4.45. The SMILES string of the molecule is O=C(Nc1cc2c[nH]nc2cc1OC(F)F)c1cccc(C(F)(F)F)n1. The first-order valence-corrected chi connectivity index (χ1v) is 7.02. The molecule has 0 fully saturated rings. The number of alkyl halides is 5. The third-order valence-electron chi connectivity index (χ3n) is 3.27. The second-order valence-electron chi connectivity index (χ2n) is 5.03. The van der Waals surface area contributed by atoms with E-state index in [1.54, 1.807) is 0 Å². The van der Waals surface area contributed by atoms with Gasteiger partial charge in [-0.05, 0) is 18.2 Å². The summed E-state index contributed by atoms with van der Waals surface area (Å²) in [6.07, 6.45) is -3.28. The van der Waals surface area contributed by atoms with Crippen LogP contribution in [0.15, 0.2) is 36.5 Å². The zero-order valence-electron chi connectivity index (χ0n) is 12.6. The lowest BCUT2D eigenvalue weighted by molar-refractivity contribution is -0.141. The molecule has 1 aromatic carbocycles. The van der Waals surface area contributed by atoms with Crippen LogP contribution in [-0.2, 0) is 6.18 Å². The fourth-order valence-electron chi connectivity index (χ4n) is 2.17. The highest BCUT2D eigenvalue weighted by atomic mass is 19.4. The Hall–Kier alpha value is -3.24. The molecule has 2 heterocycles. The van der Waals surface area contributed by atoms with Gasteiger partial charge in [0.25, 0.3) is 5.91 Å². The van der Waals surface area contributed by atoms with Crippen LogP contribution in [0.5, 0.6) is 5.75 Å². The fourth-order valence-corrected chi connectivity index (χ4v) is 2.17. The van der Waals surface area contributed by atoms with E-state index < -0.39 is 30.1 Å². The van der Waals surface area contributed by atoms with Crippen LogP contribution >= 0.6 is 0 Å². The topological polar surface area (TPSA) is 79.9 Å². The van der Waals surface area contributed by atoms with Crippen LogP contribution in [0.3, 0.4) is 0 Å². The molecule has 2 N–H and O–H groups in total. The van der Waals surface area contributed by atoms with Gasteiger partial charge in [0.1, 0.15) is 11.4 Å². The molecule has 0 atom stereocenters. The summed E-state index contributed by atoms with van der Waals surface area (Å²) < 4.78 is 67.6. The molecule has 0 radical (unpaired) electrons. The number of halogens is 5. The van der Waals surface area contributed by atoms with Crippen molar-refractivity contribution < 1.29 is 31.5 Å². The van der Waals surface area contributed by atoms with E-state index in [0.717, 1.165) is 18.2 Å². The highest BCUT2D eigenvalue weighted by Crippen LogP contribution is 2.31. The van der Waals surface area contributed by atoms with Crippen molar-refractivity contribution in [1.29, 1.82) is 0 Å². The van der Waals surface area contributed by atoms with Crippen molar-refractivity contribution in [2.75, 3.05) is 5.32 Å². The minimum Gasteiger partial charge on any atom is -0.433 e. The number of carbonyl (C=O) groups excluding carboxylic acids is 1. The van der Waals surface area contributed by atoms with Gasteiger partial charge in [-0.2, -0.15) is 27.1 Å². The van der Waals surface area contributed by atoms with Gasteiger partial charge in [0.05, 0.1) is 11.2 Å². The maximum atomic E-state index is 12.7. The molecule has 3 aromatic rings. The third-order valence-corrected chi connectivity index (χ3v) is 3.27. The summed E-state index contributed by atoms with van der Waals surface area (Å²) in [5.74, 6) is -1.40. The second kappa shape index (κ2) is 6.58. The van der Waals surface area contributed by atoms with E-state index in [1.807, 2.05) is 0 Å². The highest BCUT2D eigenvalue weighted by Gasteiger charge is 2.33. The molecule has 11 heteroatoms. The summed E-state index contributed by atoms with van der Waals surface area (Å²) in [5.41, 5.74) is -1.64. The third kappa shape index (κ3) is 3.71. The number of fused-ring (bicyclic) bond motifs is 1. The zero-order chi connectivity index (χ0) is 18.9. The van der Waals surface area contributed by atoms with E-state index in [-0.39, 0.29) is 11.4 Å². The van der Waals surface area contributed by atoms with Crippen molar-refractivity contribution in [3.05, 3.63) is 47.9 Å². The quantitative estimate of drug-likeness (QED) is 0.682. The number of carbonyl (C=O) groups is 1. The summed E-state index contributed by atoms with van der Waals surface area (Å²) >= 11 is 0. The molecule has 2 aromatic heterocycles. The Labute approximate surface area is 142 Å². The van der Waals surface area contributed by atoms with Crippen LogP contribution < -0.4 is 10.1 Å². The van der Waals surface area contributed by atoms with Crippen LogP contribution in [0.25, 0.3) is 10.9 Å². The van der Waals surface area contributed by atoms with Crippen molar-refractivity contribution in [3.63, 3.8) is 0 Å². The van der Waals surface area contributed by atoms with Gasteiger partial charge in [-0.15, -0.1) is 0 Å². The first-order valence-electron chi connectivity index (χ1n) is 7.02. The van der Waals surface area contributed by atoms with Gasteiger partial charge in [0.2, 0.25) is 0 Å². The molecule has 6 nitrogen and oxygen atoms in total. The minimum atomic E-state index is -4.73. The van der Waals surface area contributed by atoms with Gasteiger partial charge in [-0.3, -0.25) is 9.89 Å². The van der Waals surface area contributed by atoms with E-state index >= 15 is 0 Å². The number of pyridine rings is 1. The number of hydrogen-bond donors (Lipinski definition) is 2. The average molecular weight is 372 g/mol. The summed E-state index contributed by atoms with van der Waals surface area (Å²) in [5, 5.41) is 9.01. The maximum Gasteiger partial charge on any atom is 0.433 e. The molecule has 0 saturated heterocycles. The summed E-state index contributed by atoms with van der Waals surface area (Å²) in [6, 6.07) is 5.24. The standard InChI is InChI=1S/C15H9F5N4O2/c16-14(17)26-11-5-9-7(6-21-24-9)4-10(11)23-13(25)8-2-1-3-12(22-8)15(18,19)20/h1-6,14H,(H,21,24)(H,23,25). The van der Waals surface area contributed by atoms with Crippen LogP contribution in [0.1, 0.15) is 16.2 Å². The number of nitrogens with zero attached hydrogens (tertiary/aromatic N) is 2. The van der Waals surface area contributed by atoms with Crippen molar-refractivity contribution in [1.82, 2.24) is 15.2 Å². The summed E-state index contributed by atoms with van der Waals surface area (Å²) in [6.45, 7) is -3.17. The van der Waals surface area contributed by atoms with E-state index in [1.165, 1.54) is 12.3 Å². The Balaban J connectivity index is 1.93. The number of aromatic nitrogens is 3. The van der Waals surface area contributed by atoms with Gasteiger partial charge < -0.3 is 10.1 Å². The largest absolute Gasteiger partial charge is 0.433 e. The van der Waals surface area contributed by atoms with Gasteiger partial charge in [-0.25, -0.2) is 4.98 Å². The molecule has 0 aliphatic heterocycles. The van der Waals surface area contributed by atoms with Crippen molar-refractivity contribution in [2.24, 2.45) is 0 Å². The van der Waals surface area contributed by atoms with Crippen LogP contribution in [0.2, 0.25) is 0 Å². The summed E-state index contributed by atoms with van der Waals surface area (Å²) in [7, 11) is 0. The number of hydrogen-bond acceptors (Lipinski definition) is 4. The first kappa shape index (κ1) is 17.6. The number of benzene rings is 1. The smallest absolute Gasteiger partial charge is 0.433 e. The van der Waals surface area contributed by atoms with Gasteiger partial charge in [0.15, 0.2) is 5.75 Å². The lowest BCUT2D eigenvalue weighted by Gasteiger charge is -2.12. The monoisotopic (exact) mass is 372 g/mol. The van der Waals surface area contributed by atoms with Gasteiger partial charge >= 0.3 is 12.8 Å². The van der Waals surface area contributed by atoms with E-state index in [4.69, 9.17) is 0 Å². The van der Waals surface area contributed by atoms with Crippen molar-refractivity contribution in [3.8, 4) is 5.75 Å². The lowest BCUT2D eigenvalue weighted by atomic mass is 10.2. The molecule has 0 saturated carbocycles. The highest BCUT2D eigenvalue weighted by molar-refractivity contribution is 6.05. The van der Waals surface area contributed by atoms with Crippen molar-refractivity contribution >= 4 is 22.5 Å². The average Bonchev–Trinajstić information content (AvgIpc) is 3.01. The van der Waals surface area contributed by atoms with E-state index in [2.05, 4.69) is 25.2 Å².